The number of aliphatic hydroxyl groups is 1. The Bertz CT molecular complexity index is 422. The number of carbonyl (C=O) groups is 1. The van der Waals surface area contributed by atoms with E-state index in [-0.39, 0.29) is 16.9 Å². The SMILES string of the molecule is CC1CC2(C)CC(C)(CNC(=O)OC(C)(C)C)CC(O)(C1)C2. The summed E-state index contributed by atoms with van der Waals surface area (Å²) in [6, 6.07) is 0. The lowest BCUT2D eigenvalue weighted by atomic mass is 9.51. The van der Waals surface area contributed by atoms with Crippen LogP contribution in [0.3, 0.4) is 0 Å². The summed E-state index contributed by atoms with van der Waals surface area (Å²) in [6.07, 6.45) is 4.38. The van der Waals surface area contributed by atoms with E-state index in [0.717, 1.165) is 32.1 Å². The molecule has 2 aliphatic rings. The molecule has 1 amide bonds. The number of rotatable bonds is 2. The Morgan fingerprint density at radius 3 is 2.41 bits per heavy atom. The first-order chi connectivity index (χ1) is 9.82. The third-order valence-electron chi connectivity index (χ3n) is 4.99. The van der Waals surface area contributed by atoms with Crippen LogP contribution in [0.25, 0.3) is 0 Å². The molecule has 2 aliphatic carbocycles. The number of hydrogen-bond donors (Lipinski definition) is 2. The summed E-state index contributed by atoms with van der Waals surface area (Å²) in [5.41, 5.74) is -0.948. The van der Waals surface area contributed by atoms with Crippen molar-refractivity contribution >= 4 is 6.09 Å². The van der Waals surface area contributed by atoms with Gasteiger partial charge in [-0.25, -0.2) is 4.79 Å². The van der Waals surface area contributed by atoms with E-state index in [1.165, 1.54) is 0 Å². The van der Waals surface area contributed by atoms with Crippen molar-refractivity contribution < 1.29 is 14.6 Å². The van der Waals surface area contributed by atoms with Gasteiger partial charge in [0.25, 0.3) is 0 Å². The zero-order valence-electron chi connectivity index (χ0n) is 15.1. The molecular weight excluding hydrogens is 278 g/mol. The van der Waals surface area contributed by atoms with Gasteiger partial charge in [-0.05, 0) is 69.6 Å². The molecule has 0 saturated heterocycles. The van der Waals surface area contributed by atoms with E-state index in [0.29, 0.717) is 12.5 Å². The number of amides is 1. The quantitative estimate of drug-likeness (QED) is 0.814. The van der Waals surface area contributed by atoms with E-state index >= 15 is 0 Å². The van der Waals surface area contributed by atoms with Gasteiger partial charge in [-0.15, -0.1) is 0 Å². The summed E-state index contributed by atoms with van der Waals surface area (Å²) in [6.45, 7) is 12.9. The van der Waals surface area contributed by atoms with Gasteiger partial charge < -0.3 is 15.2 Å². The zero-order chi connectivity index (χ0) is 16.8. The maximum absolute atomic E-state index is 11.9. The molecule has 4 atom stereocenters. The molecule has 22 heavy (non-hydrogen) atoms. The van der Waals surface area contributed by atoms with Crippen LogP contribution in [0.4, 0.5) is 4.79 Å². The summed E-state index contributed by atoms with van der Waals surface area (Å²) in [7, 11) is 0. The third-order valence-corrected chi connectivity index (χ3v) is 4.99. The standard InChI is InChI=1S/C18H33NO3/c1-13-7-16(5)9-17(6,11-18(21,8-13)10-16)12-19-14(20)22-15(2,3)4/h13,21H,7-12H2,1-6H3,(H,19,20). The van der Waals surface area contributed by atoms with Crippen molar-refractivity contribution in [1.29, 1.82) is 0 Å². The van der Waals surface area contributed by atoms with Gasteiger partial charge in [0.15, 0.2) is 0 Å². The fourth-order valence-electron chi connectivity index (χ4n) is 5.38. The van der Waals surface area contributed by atoms with E-state index < -0.39 is 11.2 Å². The van der Waals surface area contributed by atoms with Gasteiger partial charge in [0.1, 0.15) is 5.60 Å². The fourth-order valence-corrected chi connectivity index (χ4v) is 5.38. The second-order valence-electron chi connectivity index (χ2n) is 9.74. The average Bonchev–Trinajstić information content (AvgIpc) is 2.18. The van der Waals surface area contributed by atoms with E-state index in [9.17, 15) is 9.90 Å². The number of ether oxygens (including phenoxy) is 1. The van der Waals surface area contributed by atoms with Crippen LogP contribution in [0, 0.1) is 16.7 Å². The van der Waals surface area contributed by atoms with Crippen molar-refractivity contribution in [3.05, 3.63) is 0 Å². The predicted octanol–water partition coefficient (Wildman–Crippen LogP) is 3.87. The van der Waals surface area contributed by atoms with Crippen molar-refractivity contribution in [2.75, 3.05) is 6.54 Å². The second-order valence-corrected chi connectivity index (χ2v) is 9.74. The topological polar surface area (TPSA) is 58.6 Å². The number of nitrogens with one attached hydrogen (secondary N) is 1. The summed E-state index contributed by atoms with van der Waals surface area (Å²) >= 11 is 0. The van der Waals surface area contributed by atoms with Gasteiger partial charge >= 0.3 is 6.09 Å². The Morgan fingerprint density at radius 2 is 1.86 bits per heavy atom. The molecular formula is C18H33NO3. The highest BCUT2D eigenvalue weighted by Gasteiger charge is 2.53. The molecule has 0 heterocycles. The number of fused-ring (bicyclic) bond motifs is 2. The Kier molecular flexibility index (Phi) is 4.31. The minimum absolute atomic E-state index is 0.0706. The van der Waals surface area contributed by atoms with E-state index in [2.05, 4.69) is 26.1 Å². The molecule has 0 aromatic rings. The highest BCUT2D eigenvalue weighted by atomic mass is 16.6. The normalized spacial score (nSPS) is 41.9. The van der Waals surface area contributed by atoms with Crippen molar-refractivity contribution in [3.63, 3.8) is 0 Å². The van der Waals surface area contributed by atoms with E-state index in [1.54, 1.807) is 0 Å². The lowest BCUT2D eigenvalue weighted by Gasteiger charge is -2.57. The maximum atomic E-state index is 11.9. The van der Waals surface area contributed by atoms with Crippen LogP contribution in [0.5, 0.6) is 0 Å². The Hall–Kier alpha value is -0.770. The van der Waals surface area contributed by atoms with Crippen LogP contribution in [0.2, 0.25) is 0 Å². The van der Waals surface area contributed by atoms with Crippen molar-refractivity contribution in [1.82, 2.24) is 5.32 Å². The Labute approximate surface area is 135 Å². The average molecular weight is 311 g/mol. The molecule has 4 heteroatoms. The molecule has 2 fully saturated rings. The number of carbonyl (C=O) groups excluding carboxylic acids is 1. The largest absolute Gasteiger partial charge is 0.444 e. The lowest BCUT2D eigenvalue weighted by Crippen LogP contribution is -2.55. The Balaban J connectivity index is 2.01. The highest BCUT2D eigenvalue weighted by Crippen LogP contribution is 2.58. The third kappa shape index (κ3) is 4.37. The van der Waals surface area contributed by atoms with Crippen LogP contribution in [0.15, 0.2) is 0 Å². The number of alkyl carbamates (subject to hydrolysis) is 1. The van der Waals surface area contributed by atoms with Crippen LogP contribution in [-0.4, -0.2) is 28.9 Å². The van der Waals surface area contributed by atoms with Crippen LogP contribution >= 0.6 is 0 Å². The molecule has 2 N–H and O–H groups in total. The van der Waals surface area contributed by atoms with Gasteiger partial charge in [0.2, 0.25) is 0 Å². The summed E-state index contributed by atoms with van der Waals surface area (Å²) in [5, 5.41) is 13.9. The van der Waals surface area contributed by atoms with Gasteiger partial charge in [-0.3, -0.25) is 0 Å². The summed E-state index contributed by atoms with van der Waals surface area (Å²) < 4.78 is 5.32. The van der Waals surface area contributed by atoms with Crippen molar-refractivity contribution in [2.24, 2.45) is 16.7 Å². The van der Waals surface area contributed by atoms with Gasteiger partial charge in [-0.2, -0.15) is 0 Å². The predicted molar refractivity (Wildman–Crippen MR) is 87.6 cm³/mol. The molecule has 4 nitrogen and oxygen atoms in total. The lowest BCUT2D eigenvalue weighted by molar-refractivity contribution is -0.140. The van der Waals surface area contributed by atoms with Gasteiger partial charge in [0.05, 0.1) is 5.60 Å². The first-order valence-electron chi connectivity index (χ1n) is 8.52. The zero-order valence-corrected chi connectivity index (χ0v) is 15.1. The molecule has 2 rings (SSSR count). The van der Waals surface area contributed by atoms with Gasteiger partial charge in [0, 0.05) is 6.54 Å². The molecule has 4 unspecified atom stereocenters. The molecule has 0 aromatic carbocycles. The van der Waals surface area contributed by atoms with Gasteiger partial charge in [-0.1, -0.05) is 20.8 Å². The van der Waals surface area contributed by atoms with Crippen LogP contribution < -0.4 is 5.32 Å². The summed E-state index contributed by atoms with van der Waals surface area (Å²) in [5.74, 6) is 0.576. The van der Waals surface area contributed by atoms with Crippen molar-refractivity contribution in [2.45, 2.75) is 84.8 Å². The van der Waals surface area contributed by atoms with Crippen molar-refractivity contribution in [3.8, 4) is 0 Å². The second kappa shape index (κ2) is 5.40. The number of hydrogen-bond acceptors (Lipinski definition) is 3. The first-order valence-corrected chi connectivity index (χ1v) is 8.52. The smallest absolute Gasteiger partial charge is 0.407 e. The van der Waals surface area contributed by atoms with Crippen LogP contribution in [0.1, 0.15) is 73.6 Å². The fraction of sp³-hybridized carbons (Fsp3) is 0.944. The molecule has 2 bridgehead atoms. The molecule has 0 radical (unpaired) electrons. The Morgan fingerprint density at radius 1 is 1.23 bits per heavy atom. The molecule has 2 saturated carbocycles. The minimum atomic E-state index is -0.574. The first kappa shape index (κ1) is 17.6. The van der Waals surface area contributed by atoms with E-state index in [4.69, 9.17) is 4.74 Å². The molecule has 128 valence electrons. The van der Waals surface area contributed by atoms with E-state index in [1.807, 2.05) is 20.8 Å². The molecule has 0 spiro atoms. The molecule has 0 aliphatic heterocycles. The highest BCUT2D eigenvalue weighted by molar-refractivity contribution is 5.67. The minimum Gasteiger partial charge on any atom is -0.444 e. The summed E-state index contributed by atoms with van der Waals surface area (Å²) in [4.78, 5) is 11.9. The molecule has 0 aromatic heterocycles. The van der Waals surface area contributed by atoms with Crippen LogP contribution in [-0.2, 0) is 4.74 Å². The monoisotopic (exact) mass is 311 g/mol. The maximum Gasteiger partial charge on any atom is 0.407 e.